The fraction of sp³-hybridized carbons (Fsp3) is 0.462. The Hall–Kier alpha value is -1.80. The summed E-state index contributed by atoms with van der Waals surface area (Å²) in [4.78, 5) is 11.7. The lowest BCUT2D eigenvalue weighted by Crippen LogP contribution is -2.66. The van der Waals surface area contributed by atoms with Gasteiger partial charge in [0.05, 0.1) is 0 Å². The minimum atomic E-state index is -5.33. The number of carbonyl (C=O) groups is 1. The van der Waals surface area contributed by atoms with Crippen molar-refractivity contribution in [2.45, 2.75) is 38.4 Å². The summed E-state index contributed by atoms with van der Waals surface area (Å²) in [7, 11) is 5.50. The van der Waals surface area contributed by atoms with Crippen LogP contribution in [-0.2, 0) is 0 Å². The molecule has 0 saturated heterocycles. The SMILES string of the molecule is [B]c1ccc(NC(=O)NC(C)(C(C)(F)F)C(F)(F)F)c(C)c1. The summed E-state index contributed by atoms with van der Waals surface area (Å²) in [5, 5.41) is 3.41. The monoisotopic (exact) mass is 320 g/mol. The average Bonchev–Trinajstić information content (AvgIpc) is 2.29. The number of carbonyl (C=O) groups excluding carboxylic acids is 1. The Kier molecular flexibility index (Phi) is 4.79. The highest BCUT2D eigenvalue weighted by atomic mass is 19.4. The third-order valence-corrected chi connectivity index (χ3v) is 3.31. The van der Waals surface area contributed by atoms with E-state index in [0.29, 0.717) is 11.0 Å². The lowest BCUT2D eigenvalue weighted by Gasteiger charge is -2.37. The number of anilines is 1. The molecule has 9 heteroatoms. The minimum Gasteiger partial charge on any atom is -0.319 e. The van der Waals surface area contributed by atoms with Crippen molar-refractivity contribution in [1.82, 2.24) is 5.32 Å². The first-order valence-corrected chi connectivity index (χ1v) is 6.18. The number of hydrogen-bond donors (Lipinski definition) is 2. The zero-order chi connectivity index (χ0) is 17.3. The third-order valence-electron chi connectivity index (χ3n) is 3.31. The fourth-order valence-electron chi connectivity index (χ4n) is 1.64. The van der Waals surface area contributed by atoms with Gasteiger partial charge in [-0.2, -0.15) is 13.2 Å². The maximum Gasteiger partial charge on any atom is 0.417 e. The van der Waals surface area contributed by atoms with Gasteiger partial charge in [-0.1, -0.05) is 17.6 Å². The Balaban J connectivity index is 2.99. The van der Waals surface area contributed by atoms with Crippen LogP contribution in [-0.4, -0.2) is 31.5 Å². The van der Waals surface area contributed by atoms with Gasteiger partial charge in [-0.3, -0.25) is 0 Å². The largest absolute Gasteiger partial charge is 0.417 e. The van der Waals surface area contributed by atoms with Gasteiger partial charge in [0.1, 0.15) is 7.85 Å². The molecule has 120 valence electrons. The molecule has 0 aliphatic rings. The van der Waals surface area contributed by atoms with Gasteiger partial charge in [0.2, 0.25) is 0 Å². The van der Waals surface area contributed by atoms with Crippen molar-refractivity contribution in [2.75, 3.05) is 5.32 Å². The van der Waals surface area contributed by atoms with E-state index in [9.17, 15) is 26.7 Å². The van der Waals surface area contributed by atoms with Crippen LogP contribution in [0.15, 0.2) is 18.2 Å². The van der Waals surface area contributed by atoms with Crippen LogP contribution >= 0.6 is 0 Å². The van der Waals surface area contributed by atoms with E-state index in [-0.39, 0.29) is 19.5 Å². The fourth-order valence-corrected chi connectivity index (χ4v) is 1.64. The second kappa shape index (κ2) is 5.77. The Morgan fingerprint density at radius 3 is 2.09 bits per heavy atom. The Morgan fingerprint density at radius 1 is 1.14 bits per heavy atom. The number of hydrogen-bond acceptors (Lipinski definition) is 1. The standard InChI is InChI=1S/C13H14BF5N2O/c1-7-6-8(14)4-5-9(7)20-10(22)21-11(2,12(3,15)16)13(17,18)19/h4-6H,1-3H3,(H2,20,21,22). The van der Waals surface area contributed by atoms with Gasteiger partial charge in [-0.25, -0.2) is 13.6 Å². The molecule has 1 unspecified atom stereocenters. The molecule has 2 N–H and O–H groups in total. The van der Waals surface area contributed by atoms with Crippen LogP contribution in [0.3, 0.4) is 0 Å². The third kappa shape index (κ3) is 3.69. The number of alkyl halides is 5. The van der Waals surface area contributed by atoms with E-state index in [4.69, 9.17) is 7.85 Å². The summed E-state index contributed by atoms with van der Waals surface area (Å²) < 4.78 is 65.3. The van der Waals surface area contributed by atoms with Crippen LogP contribution in [0.5, 0.6) is 0 Å². The molecular weight excluding hydrogens is 306 g/mol. The van der Waals surface area contributed by atoms with Crippen molar-refractivity contribution in [3.8, 4) is 0 Å². The first kappa shape index (κ1) is 18.3. The first-order valence-electron chi connectivity index (χ1n) is 6.18. The number of halogens is 5. The summed E-state index contributed by atoms with van der Waals surface area (Å²) >= 11 is 0. The highest BCUT2D eigenvalue weighted by Gasteiger charge is 2.65. The average molecular weight is 320 g/mol. The molecule has 0 aliphatic carbocycles. The van der Waals surface area contributed by atoms with E-state index in [1.165, 1.54) is 23.5 Å². The van der Waals surface area contributed by atoms with Gasteiger partial charge >= 0.3 is 12.2 Å². The molecule has 0 bridgehead atoms. The maximum atomic E-state index is 13.3. The molecule has 1 aromatic carbocycles. The zero-order valence-electron chi connectivity index (χ0n) is 12.1. The van der Waals surface area contributed by atoms with E-state index in [1.807, 2.05) is 0 Å². The quantitative estimate of drug-likeness (QED) is 0.653. The van der Waals surface area contributed by atoms with E-state index in [0.717, 1.165) is 0 Å². The number of urea groups is 1. The molecule has 0 heterocycles. The molecule has 2 amide bonds. The lowest BCUT2D eigenvalue weighted by atomic mass is 9.93. The predicted octanol–water partition coefficient (Wildman–Crippen LogP) is 2.89. The van der Waals surface area contributed by atoms with Gasteiger partial charge in [0, 0.05) is 12.6 Å². The molecule has 1 rings (SSSR count). The van der Waals surface area contributed by atoms with Crippen LogP contribution in [0.4, 0.5) is 32.4 Å². The topological polar surface area (TPSA) is 41.1 Å². The second-order valence-corrected chi connectivity index (χ2v) is 5.16. The molecule has 1 atom stereocenters. The Bertz CT molecular complexity index is 555. The normalized spacial score (nSPS) is 15.1. The zero-order valence-corrected chi connectivity index (χ0v) is 12.1. The molecular formula is C13H14BF5N2O. The van der Waals surface area contributed by atoms with Gasteiger partial charge < -0.3 is 10.6 Å². The van der Waals surface area contributed by atoms with Gasteiger partial charge in [0.25, 0.3) is 5.92 Å². The summed E-state index contributed by atoms with van der Waals surface area (Å²) in [6, 6.07) is 2.86. The molecule has 0 aromatic heterocycles. The highest BCUT2D eigenvalue weighted by Crippen LogP contribution is 2.41. The van der Waals surface area contributed by atoms with Crippen molar-refractivity contribution < 1.29 is 26.7 Å². The van der Waals surface area contributed by atoms with Crippen molar-refractivity contribution in [2.24, 2.45) is 0 Å². The molecule has 2 radical (unpaired) electrons. The van der Waals surface area contributed by atoms with Gasteiger partial charge in [0.15, 0.2) is 5.54 Å². The molecule has 3 nitrogen and oxygen atoms in total. The van der Waals surface area contributed by atoms with Crippen LogP contribution in [0.2, 0.25) is 0 Å². The lowest BCUT2D eigenvalue weighted by molar-refractivity contribution is -0.249. The minimum absolute atomic E-state index is 0.0925. The number of aryl methyl sites for hydroxylation is 1. The summed E-state index contributed by atoms with van der Waals surface area (Å²) in [6.07, 6.45) is -5.33. The Labute approximate surface area is 125 Å². The number of nitrogens with one attached hydrogen (secondary N) is 2. The van der Waals surface area contributed by atoms with Crippen molar-refractivity contribution in [1.29, 1.82) is 0 Å². The van der Waals surface area contributed by atoms with Crippen molar-refractivity contribution >= 4 is 25.0 Å². The number of benzene rings is 1. The van der Waals surface area contributed by atoms with Crippen LogP contribution in [0.1, 0.15) is 19.4 Å². The van der Waals surface area contributed by atoms with E-state index in [2.05, 4.69) is 5.32 Å². The predicted molar refractivity (Wildman–Crippen MR) is 73.8 cm³/mol. The number of amides is 2. The van der Waals surface area contributed by atoms with E-state index < -0.39 is 23.7 Å². The number of rotatable bonds is 3. The highest BCUT2D eigenvalue weighted by molar-refractivity contribution is 6.32. The van der Waals surface area contributed by atoms with Crippen molar-refractivity contribution in [3.05, 3.63) is 23.8 Å². The molecule has 1 aromatic rings. The molecule has 0 spiro atoms. The molecule has 22 heavy (non-hydrogen) atoms. The maximum absolute atomic E-state index is 13.3. The van der Waals surface area contributed by atoms with E-state index in [1.54, 1.807) is 6.92 Å². The van der Waals surface area contributed by atoms with Crippen LogP contribution < -0.4 is 16.1 Å². The van der Waals surface area contributed by atoms with E-state index >= 15 is 0 Å². The summed E-state index contributed by atoms with van der Waals surface area (Å²) in [5.74, 6) is -4.21. The smallest absolute Gasteiger partial charge is 0.319 e. The van der Waals surface area contributed by atoms with Crippen molar-refractivity contribution in [3.63, 3.8) is 0 Å². The molecule has 0 saturated carbocycles. The van der Waals surface area contributed by atoms with Crippen LogP contribution in [0.25, 0.3) is 0 Å². The van der Waals surface area contributed by atoms with Gasteiger partial charge in [-0.05, 0) is 25.5 Å². The molecule has 0 fully saturated rings. The molecule has 0 aliphatic heterocycles. The second-order valence-electron chi connectivity index (χ2n) is 5.16. The van der Waals surface area contributed by atoms with Gasteiger partial charge in [-0.15, -0.1) is 0 Å². The van der Waals surface area contributed by atoms with Crippen LogP contribution in [0, 0.1) is 6.92 Å². The summed E-state index contributed by atoms with van der Waals surface area (Å²) in [5.41, 5.74) is -2.67. The first-order chi connectivity index (χ1) is 9.78. The Morgan fingerprint density at radius 2 is 1.68 bits per heavy atom. The summed E-state index contributed by atoms with van der Waals surface area (Å²) in [6.45, 7) is 1.88.